The Bertz CT molecular complexity index is 965. The van der Waals surface area contributed by atoms with E-state index in [1.807, 2.05) is 0 Å². The number of amides is 2. The van der Waals surface area contributed by atoms with Gasteiger partial charge in [-0.05, 0) is 48.7 Å². The van der Waals surface area contributed by atoms with E-state index in [-0.39, 0.29) is 17.3 Å². The molecule has 0 radical (unpaired) electrons. The maximum atomic E-state index is 13.0. The van der Waals surface area contributed by atoms with Gasteiger partial charge in [-0.15, -0.1) is 0 Å². The van der Waals surface area contributed by atoms with Crippen LogP contribution < -0.4 is 11.1 Å². The molecule has 3 rings (SSSR count). The molecule has 7 nitrogen and oxygen atoms in total. The highest BCUT2D eigenvalue weighted by atomic mass is 32.2. The Kier molecular flexibility index (Phi) is 6.11. The van der Waals surface area contributed by atoms with Gasteiger partial charge in [-0.1, -0.05) is 24.6 Å². The third-order valence-corrected chi connectivity index (χ3v) is 6.78. The maximum absolute atomic E-state index is 13.0. The molecule has 0 aliphatic carbocycles. The highest BCUT2D eigenvalue weighted by Crippen LogP contribution is 2.23. The lowest BCUT2D eigenvalue weighted by Gasteiger charge is -2.26. The highest BCUT2D eigenvalue weighted by molar-refractivity contribution is 7.89. The molecule has 0 saturated carbocycles. The molecular formula is C20H23N3O4S. The molecule has 8 heteroatoms. The van der Waals surface area contributed by atoms with E-state index in [0.29, 0.717) is 29.8 Å². The average molecular weight is 401 g/mol. The zero-order chi connectivity index (χ0) is 20.1. The van der Waals surface area contributed by atoms with Gasteiger partial charge in [0.15, 0.2) is 0 Å². The van der Waals surface area contributed by atoms with Crippen LogP contribution >= 0.6 is 0 Å². The third-order valence-electron chi connectivity index (χ3n) is 4.78. The molecule has 0 spiro atoms. The fraction of sp³-hybridized carbons (Fsp3) is 0.300. The number of primary amides is 1. The summed E-state index contributed by atoms with van der Waals surface area (Å²) >= 11 is 0. The molecule has 1 aliphatic rings. The standard InChI is InChI=1S/C20H23N3O4S/c21-19(24)15-8-10-16(11-9-15)20(25)22-14-17-6-2-3-7-18(17)28(26,27)23-12-4-1-5-13-23/h2-3,6-11H,1,4-5,12-14H2,(H2,21,24)(H,22,25). The summed E-state index contributed by atoms with van der Waals surface area (Å²) in [6.07, 6.45) is 2.76. The molecule has 2 aromatic carbocycles. The summed E-state index contributed by atoms with van der Waals surface area (Å²) in [6.45, 7) is 1.13. The quantitative estimate of drug-likeness (QED) is 0.770. The van der Waals surface area contributed by atoms with Crippen molar-refractivity contribution in [1.29, 1.82) is 0 Å². The van der Waals surface area contributed by atoms with Gasteiger partial charge in [0.05, 0.1) is 4.90 Å². The van der Waals surface area contributed by atoms with Crippen LogP contribution in [0.1, 0.15) is 45.5 Å². The Labute approximate surface area is 164 Å². The Morgan fingerprint density at radius 3 is 2.18 bits per heavy atom. The summed E-state index contributed by atoms with van der Waals surface area (Å²) in [6, 6.07) is 12.7. The van der Waals surface area contributed by atoms with Gasteiger partial charge in [-0.2, -0.15) is 4.31 Å². The fourth-order valence-corrected chi connectivity index (χ4v) is 4.95. The molecule has 0 aromatic heterocycles. The summed E-state index contributed by atoms with van der Waals surface area (Å²) in [5, 5.41) is 2.74. The first kappa shape index (κ1) is 20.0. The Morgan fingerprint density at radius 1 is 0.929 bits per heavy atom. The largest absolute Gasteiger partial charge is 0.366 e. The average Bonchev–Trinajstić information content (AvgIpc) is 2.73. The predicted octanol–water partition coefficient (Wildman–Crippen LogP) is 1.89. The molecule has 3 N–H and O–H groups in total. The maximum Gasteiger partial charge on any atom is 0.251 e. The first-order valence-corrected chi connectivity index (χ1v) is 10.6. The molecule has 1 aliphatic heterocycles. The first-order valence-electron chi connectivity index (χ1n) is 9.16. The lowest BCUT2D eigenvalue weighted by atomic mass is 10.1. The summed E-state index contributed by atoms with van der Waals surface area (Å²) in [5.74, 6) is -0.926. The number of piperidine rings is 1. The smallest absolute Gasteiger partial charge is 0.251 e. The Hall–Kier alpha value is -2.71. The predicted molar refractivity (Wildman–Crippen MR) is 105 cm³/mol. The molecule has 1 saturated heterocycles. The van der Waals surface area contributed by atoms with Crippen LogP contribution in [0.15, 0.2) is 53.4 Å². The number of hydrogen-bond acceptors (Lipinski definition) is 4. The zero-order valence-electron chi connectivity index (χ0n) is 15.4. The van der Waals surface area contributed by atoms with E-state index in [9.17, 15) is 18.0 Å². The molecule has 0 unspecified atom stereocenters. The van der Waals surface area contributed by atoms with Crippen molar-refractivity contribution in [2.45, 2.75) is 30.7 Å². The molecule has 148 valence electrons. The third kappa shape index (κ3) is 4.40. The first-order chi connectivity index (χ1) is 13.4. The molecule has 1 fully saturated rings. The van der Waals surface area contributed by atoms with E-state index in [4.69, 9.17) is 5.73 Å². The van der Waals surface area contributed by atoms with E-state index >= 15 is 0 Å². The molecular weight excluding hydrogens is 378 g/mol. The van der Waals surface area contributed by atoms with E-state index < -0.39 is 15.9 Å². The lowest BCUT2D eigenvalue weighted by Crippen LogP contribution is -2.36. The van der Waals surface area contributed by atoms with Crippen LogP contribution in [0.4, 0.5) is 0 Å². The number of carbonyl (C=O) groups is 2. The van der Waals surface area contributed by atoms with Crippen LogP contribution in [0.2, 0.25) is 0 Å². The van der Waals surface area contributed by atoms with Crippen LogP contribution in [0, 0.1) is 0 Å². The summed E-state index contributed by atoms with van der Waals surface area (Å²) in [4.78, 5) is 23.7. The van der Waals surface area contributed by atoms with Crippen LogP contribution in [-0.4, -0.2) is 37.6 Å². The topological polar surface area (TPSA) is 110 Å². The minimum atomic E-state index is -3.59. The lowest BCUT2D eigenvalue weighted by molar-refractivity contribution is 0.0948. The number of nitrogens with zero attached hydrogens (tertiary/aromatic N) is 1. The van der Waals surface area contributed by atoms with Gasteiger partial charge in [0.1, 0.15) is 0 Å². The second kappa shape index (κ2) is 8.53. The molecule has 2 amide bonds. The molecule has 28 heavy (non-hydrogen) atoms. The van der Waals surface area contributed by atoms with E-state index in [1.54, 1.807) is 24.3 Å². The van der Waals surface area contributed by atoms with Crippen LogP contribution in [0.3, 0.4) is 0 Å². The van der Waals surface area contributed by atoms with Gasteiger partial charge in [0.25, 0.3) is 5.91 Å². The van der Waals surface area contributed by atoms with Crippen molar-refractivity contribution in [1.82, 2.24) is 9.62 Å². The van der Waals surface area contributed by atoms with Crippen molar-refractivity contribution >= 4 is 21.8 Å². The summed E-state index contributed by atoms with van der Waals surface area (Å²) < 4.78 is 27.5. The number of nitrogens with two attached hydrogens (primary N) is 1. The van der Waals surface area contributed by atoms with Crippen molar-refractivity contribution in [2.24, 2.45) is 5.73 Å². The number of sulfonamides is 1. The number of hydrogen-bond donors (Lipinski definition) is 2. The SMILES string of the molecule is NC(=O)c1ccc(C(=O)NCc2ccccc2S(=O)(=O)N2CCCCC2)cc1. The van der Waals surface area contributed by atoms with Gasteiger partial charge >= 0.3 is 0 Å². The Morgan fingerprint density at radius 2 is 1.54 bits per heavy atom. The van der Waals surface area contributed by atoms with Crippen molar-refractivity contribution in [2.75, 3.05) is 13.1 Å². The second-order valence-electron chi connectivity index (χ2n) is 6.70. The summed E-state index contributed by atoms with van der Waals surface area (Å²) in [5.41, 5.74) is 6.41. The summed E-state index contributed by atoms with van der Waals surface area (Å²) in [7, 11) is -3.59. The van der Waals surface area contributed by atoms with Crippen LogP contribution in [0.5, 0.6) is 0 Å². The Balaban J connectivity index is 1.74. The number of benzene rings is 2. The highest BCUT2D eigenvalue weighted by Gasteiger charge is 2.27. The van der Waals surface area contributed by atoms with E-state index in [0.717, 1.165) is 19.3 Å². The van der Waals surface area contributed by atoms with Crippen molar-refractivity contribution in [3.05, 3.63) is 65.2 Å². The van der Waals surface area contributed by atoms with Gasteiger partial charge in [0.2, 0.25) is 15.9 Å². The van der Waals surface area contributed by atoms with Crippen molar-refractivity contribution in [3.63, 3.8) is 0 Å². The molecule has 0 atom stereocenters. The van der Waals surface area contributed by atoms with Crippen molar-refractivity contribution < 1.29 is 18.0 Å². The monoisotopic (exact) mass is 401 g/mol. The fourth-order valence-electron chi connectivity index (χ4n) is 3.21. The van der Waals surface area contributed by atoms with Gasteiger partial charge in [-0.3, -0.25) is 9.59 Å². The molecule has 0 bridgehead atoms. The van der Waals surface area contributed by atoms with E-state index in [1.165, 1.54) is 28.6 Å². The van der Waals surface area contributed by atoms with Crippen LogP contribution in [-0.2, 0) is 16.6 Å². The normalized spacial score (nSPS) is 15.1. The van der Waals surface area contributed by atoms with Gasteiger partial charge in [0, 0.05) is 30.8 Å². The molecule has 1 heterocycles. The number of nitrogens with one attached hydrogen (secondary N) is 1. The van der Waals surface area contributed by atoms with Gasteiger partial charge < -0.3 is 11.1 Å². The van der Waals surface area contributed by atoms with Crippen molar-refractivity contribution in [3.8, 4) is 0 Å². The van der Waals surface area contributed by atoms with Gasteiger partial charge in [-0.25, -0.2) is 8.42 Å². The number of carbonyl (C=O) groups excluding carboxylic acids is 2. The minimum absolute atomic E-state index is 0.0830. The van der Waals surface area contributed by atoms with E-state index in [2.05, 4.69) is 5.32 Å². The molecule has 2 aromatic rings. The minimum Gasteiger partial charge on any atom is -0.366 e. The van der Waals surface area contributed by atoms with Crippen LogP contribution in [0.25, 0.3) is 0 Å². The number of rotatable bonds is 6. The second-order valence-corrected chi connectivity index (χ2v) is 8.60. The zero-order valence-corrected chi connectivity index (χ0v) is 16.2.